The number of ether oxygens (including phenoxy) is 1. The minimum absolute atomic E-state index is 0.387. The van der Waals surface area contributed by atoms with Gasteiger partial charge >= 0.3 is 0 Å². The Balaban J connectivity index is 1.99. The van der Waals surface area contributed by atoms with Crippen molar-refractivity contribution in [1.29, 1.82) is 0 Å². The van der Waals surface area contributed by atoms with Crippen LogP contribution < -0.4 is 9.46 Å². The van der Waals surface area contributed by atoms with Crippen molar-refractivity contribution < 1.29 is 13.2 Å². The quantitative estimate of drug-likeness (QED) is 0.861. The van der Waals surface area contributed by atoms with Gasteiger partial charge in [-0.25, -0.2) is 13.1 Å². The molecule has 0 radical (unpaired) electrons. The molecule has 1 aromatic carbocycles. The molecule has 2 rings (SSSR count). The molecule has 1 aromatic rings. The summed E-state index contributed by atoms with van der Waals surface area (Å²) in [5.74, 6) is 1.32. The number of hydrogen-bond donors (Lipinski definition) is 1. The number of sulfonamides is 1. The van der Waals surface area contributed by atoms with Crippen LogP contribution in [0.5, 0.6) is 5.75 Å². The molecule has 1 fully saturated rings. The smallest absolute Gasteiger partial charge is 0.208 e. The SMILES string of the molecule is COc1ccc(CN2CCC[C@H](CNS(C)(=O)=O)C2)c(C)c1C. The fraction of sp³-hybridized carbons (Fsp3) is 0.647. The molecule has 1 saturated heterocycles. The third kappa shape index (κ3) is 5.19. The van der Waals surface area contributed by atoms with Gasteiger partial charge < -0.3 is 4.74 Å². The van der Waals surface area contributed by atoms with Crippen molar-refractivity contribution in [2.75, 3.05) is 33.0 Å². The molecule has 6 heteroatoms. The highest BCUT2D eigenvalue weighted by Crippen LogP contribution is 2.26. The average Bonchev–Trinajstić information content (AvgIpc) is 2.50. The number of methoxy groups -OCH3 is 1. The van der Waals surface area contributed by atoms with Gasteiger partial charge in [0.1, 0.15) is 5.75 Å². The normalized spacial score (nSPS) is 19.7. The highest BCUT2D eigenvalue weighted by molar-refractivity contribution is 7.88. The van der Waals surface area contributed by atoms with Crippen molar-refractivity contribution in [2.45, 2.75) is 33.2 Å². The predicted octanol–water partition coefficient (Wildman–Crippen LogP) is 2.07. The van der Waals surface area contributed by atoms with Crippen LogP contribution >= 0.6 is 0 Å². The lowest BCUT2D eigenvalue weighted by atomic mass is 9.96. The van der Waals surface area contributed by atoms with E-state index in [1.54, 1.807) is 7.11 Å². The minimum Gasteiger partial charge on any atom is -0.496 e. The number of hydrogen-bond acceptors (Lipinski definition) is 4. The molecule has 1 aliphatic heterocycles. The summed E-state index contributed by atoms with van der Waals surface area (Å²) in [6, 6.07) is 4.17. The molecule has 0 bridgehead atoms. The number of benzene rings is 1. The third-order valence-electron chi connectivity index (χ3n) is 4.70. The van der Waals surface area contributed by atoms with Gasteiger partial charge in [0.2, 0.25) is 10.0 Å². The van der Waals surface area contributed by atoms with E-state index in [4.69, 9.17) is 4.74 Å². The van der Waals surface area contributed by atoms with Gasteiger partial charge in [0.25, 0.3) is 0 Å². The molecular weight excluding hydrogens is 312 g/mol. The van der Waals surface area contributed by atoms with Gasteiger partial charge in [0, 0.05) is 19.6 Å². The Hall–Kier alpha value is -1.11. The fourth-order valence-corrected chi connectivity index (χ4v) is 3.75. The number of nitrogens with one attached hydrogen (secondary N) is 1. The lowest BCUT2D eigenvalue weighted by Crippen LogP contribution is -2.40. The van der Waals surface area contributed by atoms with Gasteiger partial charge in [-0.05, 0) is 61.9 Å². The van der Waals surface area contributed by atoms with Crippen LogP contribution in [0, 0.1) is 19.8 Å². The van der Waals surface area contributed by atoms with Crippen LogP contribution in [0.25, 0.3) is 0 Å². The molecule has 1 heterocycles. The van der Waals surface area contributed by atoms with Crippen molar-refractivity contribution in [2.24, 2.45) is 5.92 Å². The lowest BCUT2D eigenvalue weighted by molar-refractivity contribution is 0.168. The molecule has 0 aromatic heterocycles. The Kier molecular flexibility index (Phi) is 6.06. The van der Waals surface area contributed by atoms with Crippen LogP contribution in [-0.2, 0) is 16.6 Å². The Labute approximate surface area is 140 Å². The average molecular weight is 340 g/mol. The van der Waals surface area contributed by atoms with Crippen LogP contribution in [0.1, 0.15) is 29.5 Å². The van der Waals surface area contributed by atoms with E-state index in [9.17, 15) is 8.42 Å². The molecule has 0 amide bonds. The van der Waals surface area contributed by atoms with E-state index in [-0.39, 0.29) is 0 Å². The first-order valence-corrected chi connectivity index (χ1v) is 9.99. The van der Waals surface area contributed by atoms with E-state index >= 15 is 0 Å². The first kappa shape index (κ1) is 18.2. The number of rotatable bonds is 6. The van der Waals surface area contributed by atoms with Crippen molar-refractivity contribution >= 4 is 10.0 Å². The van der Waals surface area contributed by atoms with Gasteiger partial charge in [-0.2, -0.15) is 0 Å². The maximum absolute atomic E-state index is 11.3. The van der Waals surface area contributed by atoms with E-state index in [0.717, 1.165) is 38.2 Å². The molecule has 0 saturated carbocycles. The van der Waals surface area contributed by atoms with Crippen LogP contribution in [0.2, 0.25) is 0 Å². The second kappa shape index (κ2) is 7.64. The van der Waals surface area contributed by atoms with Gasteiger partial charge in [-0.15, -0.1) is 0 Å². The Morgan fingerprint density at radius 2 is 2.04 bits per heavy atom. The highest BCUT2D eigenvalue weighted by atomic mass is 32.2. The zero-order valence-electron chi connectivity index (χ0n) is 14.6. The maximum atomic E-state index is 11.3. The highest BCUT2D eigenvalue weighted by Gasteiger charge is 2.21. The summed E-state index contributed by atoms with van der Waals surface area (Å²) in [5.41, 5.74) is 3.79. The van der Waals surface area contributed by atoms with Crippen molar-refractivity contribution in [3.63, 3.8) is 0 Å². The van der Waals surface area contributed by atoms with Crippen molar-refractivity contribution in [1.82, 2.24) is 9.62 Å². The largest absolute Gasteiger partial charge is 0.496 e. The molecule has 23 heavy (non-hydrogen) atoms. The van der Waals surface area contributed by atoms with E-state index in [1.165, 1.54) is 22.9 Å². The van der Waals surface area contributed by atoms with E-state index in [2.05, 4.69) is 29.5 Å². The summed E-state index contributed by atoms with van der Waals surface area (Å²) in [6.07, 6.45) is 3.42. The topological polar surface area (TPSA) is 58.6 Å². The molecule has 5 nitrogen and oxygen atoms in total. The number of likely N-dealkylation sites (tertiary alicyclic amines) is 1. The lowest BCUT2D eigenvalue weighted by Gasteiger charge is -2.33. The zero-order chi connectivity index (χ0) is 17.0. The van der Waals surface area contributed by atoms with Gasteiger partial charge in [0.15, 0.2) is 0 Å². The van der Waals surface area contributed by atoms with E-state index in [1.807, 2.05) is 6.07 Å². The summed E-state index contributed by atoms with van der Waals surface area (Å²) < 4.78 is 30.5. The molecular formula is C17H28N2O3S. The van der Waals surface area contributed by atoms with Crippen LogP contribution in [0.4, 0.5) is 0 Å². The van der Waals surface area contributed by atoms with E-state index < -0.39 is 10.0 Å². The van der Waals surface area contributed by atoms with Crippen molar-refractivity contribution in [3.05, 3.63) is 28.8 Å². The molecule has 1 aliphatic rings. The predicted molar refractivity (Wildman–Crippen MR) is 93.3 cm³/mol. The van der Waals surface area contributed by atoms with Crippen molar-refractivity contribution in [3.8, 4) is 5.75 Å². The van der Waals surface area contributed by atoms with Crippen LogP contribution in [-0.4, -0.2) is 46.3 Å². The summed E-state index contributed by atoms with van der Waals surface area (Å²) in [4.78, 5) is 2.42. The fourth-order valence-electron chi connectivity index (χ4n) is 3.22. The first-order chi connectivity index (χ1) is 10.8. The standard InChI is InChI=1S/C17H28N2O3S/c1-13-14(2)17(22-3)8-7-16(13)12-19-9-5-6-15(11-19)10-18-23(4,20)21/h7-8,15,18H,5-6,9-12H2,1-4H3/t15-/m1/s1. The first-order valence-electron chi connectivity index (χ1n) is 8.10. The van der Waals surface area contributed by atoms with Crippen LogP contribution in [0.3, 0.4) is 0 Å². The molecule has 0 aliphatic carbocycles. The Bertz CT molecular complexity index is 643. The Morgan fingerprint density at radius 1 is 1.30 bits per heavy atom. The summed E-state index contributed by atoms with van der Waals surface area (Å²) in [5, 5.41) is 0. The Morgan fingerprint density at radius 3 is 2.70 bits per heavy atom. The van der Waals surface area contributed by atoms with Gasteiger partial charge in [-0.3, -0.25) is 4.90 Å². The third-order valence-corrected chi connectivity index (χ3v) is 5.39. The van der Waals surface area contributed by atoms with Gasteiger partial charge in [0.05, 0.1) is 13.4 Å². The number of nitrogens with zero attached hydrogens (tertiary/aromatic N) is 1. The monoisotopic (exact) mass is 340 g/mol. The minimum atomic E-state index is -3.10. The number of piperidine rings is 1. The van der Waals surface area contributed by atoms with E-state index in [0.29, 0.717) is 12.5 Å². The zero-order valence-corrected chi connectivity index (χ0v) is 15.4. The van der Waals surface area contributed by atoms with Gasteiger partial charge in [-0.1, -0.05) is 6.07 Å². The second-order valence-electron chi connectivity index (χ2n) is 6.54. The summed E-state index contributed by atoms with van der Waals surface area (Å²) in [6.45, 7) is 7.68. The molecule has 130 valence electrons. The summed E-state index contributed by atoms with van der Waals surface area (Å²) >= 11 is 0. The maximum Gasteiger partial charge on any atom is 0.208 e. The second-order valence-corrected chi connectivity index (χ2v) is 8.37. The molecule has 0 spiro atoms. The molecule has 1 N–H and O–H groups in total. The summed E-state index contributed by atoms with van der Waals surface area (Å²) in [7, 11) is -1.40. The van der Waals surface area contributed by atoms with Crippen LogP contribution in [0.15, 0.2) is 12.1 Å². The molecule has 0 unspecified atom stereocenters. The molecule has 1 atom stereocenters.